The van der Waals surface area contributed by atoms with Crippen molar-refractivity contribution < 1.29 is 8.78 Å². The number of anilines is 1. The first-order valence-electron chi connectivity index (χ1n) is 5.33. The van der Waals surface area contributed by atoms with Crippen LogP contribution in [0.4, 0.5) is 14.6 Å². The summed E-state index contributed by atoms with van der Waals surface area (Å²) >= 11 is 0. The molecule has 0 unspecified atom stereocenters. The van der Waals surface area contributed by atoms with E-state index in [4.69, 9.17) is 0 Å². The maximum Gasteiger partial charge on any atom is 0.148 e. The molecule has 1 aromatic heterocycles. The monoisotopic (exact) mass is 237 g/mol. The molecule has 2 N–H and O–H groups in total. The van der Waals surface area contributed by atoms with Crippen molar-refractivity contribution in [3.8, 4) is 11.3 Å². The van der Waals surface area contributed by atoms with Crippen molar-refractivity contribution in [2.24, 2.45) is 0 Å². The van der Waals surface area contributed by atoms with Crippen LogP contribution >= 0.6 is 0 Å². The van der Waals surface area contributed by atoms with Gasteiger partial charge >= 0.3 is 0 Å². The standard InChI is InChI=1S/C12H13F2N3/c1-7(2)15-12-6-11(16-17-12)9-4-3-8(13)5-10(9)14/h3-7H,1-2H3,(H2,15,16,17). The van der Waals surface area contributed by atoms with E-state index in [1.165, 1.54) is 12.1 Å². The van der Waals surface area contributed by atoms with Gasteiger partial charge in [0, 0.05) is 23.7 Å². The average Bonchev–Trinajstić information content (AvgIpc) is 2.65. The molecule has 0 bridgehead atoms. The van der Waals surface area contributed by atoms with Crippen LogP contribution < -0.4 is 5.32 Å². The third-order valence-corrected chi connectivity index (χ3v) is 2.24. The Bertz CT molecular complexity index is 520. The summed E-state index contributed by atoms with van der Waals surface area (Å²) < 4.78 is 26.3. The molecule has 0 fully saturated rings. The van der Waals surface area contributed by atoms with Gasteiger partial charge in [-0.05, 0) is 26.0 Å². The number of rotatable bonds is 3. The van der Waals surface area contributed by atoms with Gasteiger partial charge in [0.25, 0.3) is 0 Å². The predicted molar refractivity (Wildman–Crippen MR) is 62.7 cm³/mol. The smallest absolute Gasteiger partial charge is 0.148 e. The maximum atomic E-state index is 13.5. The Morgan fingerprint density at radius 3 is 2.65 bits per heavy atom. The van der Waals surface area contributed by atoms with Gasteiger partial charge in [-0.25, -0.2) is 8.78 Å². The van der Waals surface area contributed by atoms with Crippen LogP contribution in [-0.2, 0) is 0 Å². The number of aromatic nitrogens is 2. The third kappa shape index (κ3) is 2.61. The van der Waals surface area contributed by atoms with Crippen molar-refractivity contribution in [1.29, 1.82) is 0 Å². The minimum absolute atomic E-state index is 0.240. The van der Waals surface area contributed by atoms with Gasteiger partial charge in [-0.3, -0.25) is 5.10 Å². The summed E-state index contributed by atoms with van der Waals surface area (Å²) in [5, 5.41) is 9.80. The Balaban J connectivity index is 2.30. The molecule has 0 aliphatic rings. The quantitative estimate of drug-likeness (QED) is 0.860. The van der Waals surface area contributed by atoms with Crippen molar-refractivity contribution >= 4 is 5.82 Å². The Labute approximate surface area is 97.9 Å². The summed E-state index contributed by atoms with van der Waals surface area (Å²) in [6, 6.07) is 5.39. The molecule has 90 valence electrons. The fourth-order valence-corrected chi connectivity index (χ4v) is 1.54. The lowest BCUT2D eigenvalue weighted by Gasteiger charge is -2.04. The molecule has 5 heteroatoms. The molecule has 2 aromatic rings. The van der Waals surface area contributed by atoms with E-state index in [2.05, 4.69) is 15.5 Å². The van der Waals surface area contributed by atoms with Crippen molar-refractivity contribution in [2.45, 2.75) is 19.9 Å². The lowest BCUT2D eigenvalue weighted by atomic mass is 10.1. The molecule has 1 aromatic carbocycles. The molecule has 0 saturated heterocycles. The van der Waals surface area contributed by atoms with E-state index in [1.807, 2.05) is 13.8 Å². The van der Waals surface area contributed by atoms with E-state index in [9.17, 15) is 8.78 Å². The van der Waals surface area contributed by atoms with Crippen molar-refractivity contribution in [3.63, 3.8) is 0 Å². The molecular formula is C12H13F2N3. The van der Waals surface area contributed by atoms with Gasteiger partial charge in [0.2, 0.25) is 0 Å². The molecule has 0 aliphatic carbocycles. The summed E-state index contributed by atoms with van der Waals surface area (Å²) in [6.07, 6.45) is 0. The van der Waals surface area contributed by atoms with E-state index in [0.717, 1.165) is 6.07 Å². The van der Waals surface area contributed by atoms with Crippen LogP contribution in [0.15, 0.2) is 24.3 Å². The normalized spacial score (nSPS) is 10.9. The molecule has 2 rings (SSSR count). The highest BCUT2D eigenvalue weighted by atomic mass is 19.1. The largest absolute Gasteiger partial charge is 0.366 e. The number of nitrogens with one attached hydrogen (secondary N) is 2. The van der Waals surface area contributed by atoms with Crippen LogP contribution in [0, 0.1) is 11.6 Å². The van der Waals surface area contributed by atoms with E-state index >= 15 is 0 Å². The zero-order valence-corrected chi connectivity index (χ0v) is 9.59. The Kier molecular flexibility index (Phi) is 3.08. The second-order valence-electron chi connectivity index (χ2n) is 4.09. The molecule has 0 saturated carbocycles. The molecule has 17 heavy (non-hydrogen) atoms. The highest BCUT2D eigenvalue weighted by molar-refractivity contribution is 5.63. The first-order valence-corrected chi connectivity index (χ1v) is 5.33. The van der Waals surface area contributed by atoms with Crippen molar-refractivity contribution in [1.82, 2.24) is 10.2 Å². The van der Waals surface area contributed by atoms with Gasteiger partial charge in [-0.15, -0.1) is 0 Å². The van der Waals surface area contributed by atoms with Crippen LogP contribution in [0.3, 0.4) is 0 Å². The van der Waals surface area contributed by atoms with E-state index in [1.54, 1.807) is 6.07 Å². The average molecular weight is 237 g/mol. The minimum atomic E-state index is -0.607. The third-order valence-electron chi connectivity index (χ3n) is 2.24. The topological polar surface area (TPSA) is 40.7 Å². The molecule has 1 heterocycles. The number of aromatic amines is 1. The number of H-pyrrole nitrogens is 1. The van der Waals surface area contributed by atoms with Crippen molar-refractivity contribution in [2.75, 3.05) is 5.32 Å². The summed E-state index contributed by atoms with van der Waals surface area (Å²) in [5.41, 5.74) is 0.821. The maximum absolute atomic E-state index is 13.5. The number of nitrogens with zero attached hydrogens (tertiary/aromatic N) is 1. The van der Waals surface area contributed by atoms with Crippen LogP contribution in [0.25, 0.3) is 11.3 Å². The number of halogens is 2. The van der Waals surface area contributed by atoms with Gasteiger partial charge in [0.05, 0.1) is 5.69 Å². The van der Waals surface area contributed by atoms with Crippen LogP contribution in [0.2, 0.25) is 0 Å². The van der Waals surface area contributed by atoms with Gasteiger partial charge < -0.3 is 5.32 Å². The second kappa shape index (κ2) is 4.53. The number of hydrogen-bond acceptors (Lipinski definition) is 2. The lowest BCUT2D eigenvalue weighted by Crippen LogP contribution is -2.09. The van der Waals surface area contributed by atoms with Crippen LogP contribution in [-0.4, -0.2) is 16.2 Å². The van der Waals surface area contributed by atoms with Crippen LogP contribution in [0.1, 0.15) is 13.8 Å². The van der Waals surface area contributed by atoms with Crippen molar-refractivity contribution in [3.05, 3.63) is 35.9 Å². The second-order valence-corrected chi connectivity index (χ2v) is 4.09. The first-order chi connectivity index (χ1) is 8.06. The zero-order chi connectivity index (χ0) is 12.4. The summed E-state index contributed by atoms with van der Waals surface area (Å²) in [4.78, 5) is 0. The predicted octanol–water partition coefficient (Wildman–Crippen LogP) is 3.18. The molecule has 0 radical (unpaired) electrons. The Morgan fingerprint density at radius 1 is 1.24 bits per heavy atom. The van der Waals surface area contributed by atoms with E-state index in [0.29, 0.717) is 17.1 Å². The minimum Gasteiger partial charge on any atom is -0.366 e. The molecule has 3 nitrogen and oxygen atoms in total. The Morgan fingerprint density at radius 2 is 2.00 bits per heavy atom. The molecule has 0 spiro atoms. The van der Waals surface area contributed by atoms with Gasteiger partial charge in [0.1, 0.15) is 17.5 Å². The molecule has 0 atom stereocenters. The zero-order valence-electron chi connectivity index (χ0n) is 9.59. The van der Waals surface area contributed by atoms with Gasteiger partial charge in [0.15, 0.2) is 0 Å². The highest BCUT2D eigenvalue weighted by Crippen LogP contribution is 2.23. The van der Waals surface area contributed by atoms with Crippen LogP contribution in [0.5, 0.6) is 0 Å². The fraction of sp³-hybridized carbons (Fsp3) is 0.250. The fourth-order valence-electron chi connectivity index (χ4n) is 1.54. The van der Waals surface area contributed by atoms with Gasteiger partial charge in [-0.2, -0.15) is 5.10 Å². The van der Waals surface area contributed by atoms with E-state index in [-0.39, 0.29) is 6.04 Å². The Hall–Kier alpha value is -1.91. The lowest BCUT2D eigenvalue weighted by molar-refractivity contribution is 0.585. The molecule has 0 amide bonds. The molecule has 0 aliphatic heterocycles. The SMILES string of the molecule is CC(C)Nc1cc(-c2ccc(F)cc2F)[nH]n1. The number of benzene rings is 1. The summed E-state index contributed by atoms with van der Waals surface area (Å²) in [5.74, 6) is -0.560. The summed E-state index contributed by atoms with van der Waals surface area (Å²) in [7, 11) is 0. The number of hydrogen-bond donors (Lipinski definition) is 2. The first kappa shape index (κ1) is 11.6. The summed E-state index contributed by atoms with van der Waals surface area (Å²) in [6.45, 7) is 3.96. The highest BCUT2D eigenvalue weighted by Gasteiger charge is 2.09. The molecular weight excluding hydrogens is 224 g/mol. The van der Waals surface area contributed by atoms with E-state index < -0.39 is 11.6 Å². The van der Waals surface area contributed by atoms with Gasteiger partial charge in [-0.1, -0.05) is 0 Å².